The Morgan fingerprint density at radius 2 is 2.07 bits per heavy atom. The van der Waals surface area contributed by atoms with E-state index in [0.717, 1.165) is 6.42 Å². The molecular formula is C13H20O2. The molecule has 0 bridgehead atoms. The van der Waals surface area contributed by atoms with Gasteiger partial charge >= 0.3 is 0 Å². The third-order valence-electron chi connectivity index (χ3n) is 3.50. The summed E-state index contributed by atoms with van der Waals surface area (Å²) in [5, 5.41) is 0. The molecule has 0 aliphatic heterocycles. The van der Waals surface area contributed by atoms with Crippen LogP contribution in [0.5, 0.6) is 0 Å². The van der Waals surface area contributed by atoms with Crippen LogP contribution >= 0.6 is 0 Å². The van der Waals surface area contributed by atoms with Crippen molar-refractivity contribution in [2.24, 2.45) is 17.3 Å². The smallest absolute Gasteiger partial charge is 0.159 e. The van der Waals surface area contributed by atoms with Crippen molar-refractivity contribution in [1.29, 1.82) is 0 Å². The van der Waals surface area contributed by atoms with Crippen molar-refractivity contribution >= 4 is 11.6 Å². The van der Waals surface area contributed by atoms with Crippen LogP contribution in [0.3, 0.4) is 0 Å². The maximum Gasteiger partial charge on any atom is 0.159 e. The quantitative estimate of drug-likeness (QED) is 0.654. The highest BCUT2D eigenvalue weighted by Crippen LogP contribution is 2.42. The van der Waals surface area contributed by atoms with Gasteiger partial charge in [-0.1, -0.05) is 26.8 Å². The van der Waals surface area contributed by atoms with Crippen molar-refractivity contribution in [3.63, 3.8) is 0 Å². The second-order valence-corrected chi connectivity index (χ2v) is 5.12. The first kappa shape index (κ1) is 12.2. The summed E-state index contributed by atoms with van der Waals surface area (Å²) in [5.41, 5.74) is -0.0517. The van der Waals surface area contributed by atoms with E-state index in [1.54, 1.807) is 12.2 Å². The molecule has 2 atom stereocenters. The van der Waals surface area contributed by atoms with Gasteiger partial charge in [-0.25, -0.2) is 0 Å². The van der Waals surface area contributed by atoms with E-state index >= 15 is 0 Å². The largest absolute Gasteiger partial charge is 0.299 e. The number of ketones is 2. The first-order valence-corrected chi connectivity index (χ1v) is 5.59. The SMILES string of the molecule is CC=CC(=O)C1C(C)C(=O)CCC1(C)C. The highest BCUT2D eigenvalue weighted by atomic mass is 16.1. The molecule has 1 saturated carbocycles. The predicted octanol–water partition coefficient (Wildman–Crippen LogP) is 2.77. The Bertz CT molecular complexity index is 300. The van der Waals surface area contributed by atoms with Gasteiger partial charge in [0.05, 0.1) is 0 Å². The van der Waals surface area contributed by atoms with Gasteiger partial charge in [-0.3, -0.25) is 9.59 Å². The van der Waals surface area contributed by atoms with E-state index in [1.165, 1.54) is 0 Å². The standard InChI is InChI=1S/C13H20O2/c1-5-6-11(15)12-9(2)10(14)7-8-13(12,3)4/h5-6,9,12H,7-8H2,1-4H3. The maximum atomic E-state index is 11.9. The van der Waals surface area contributed by atoms with Gasteiger partial charge in [0, 0.05) is 18.3 Å². The maximum absolute atomic E-state index is 11.9. The molecule has 15 heavy (non-hydrogen) atoms. The summed E-state index contributed by atoms with van der Waals surface area (Å²) in [6.07, 6.45) is 4.80. The molecule has 0 saturated heterocycles. The number of rotatable bonds is 2. The van der Waals surface area contributed by atoms with Crippen LogP contribution in [0.25, 0.3) is 0 Å². The third kappa shape index (κ3) is 2.36. The first-order valence-electron chi connectivity index (χ1n) is 5.59. The minimum Gasteiger partial charge on any atom is -0.299 e. The summed E-state index contributed by atoms with van der Waals surface area (Å²) in [6.45, 7) is 7.89. The summed E-state index contributed by atoms with van der Waals surface area (Å²) in [6, 6.07) is 0. The van der Waals surface area contributed by atoms with Gasteiger partial charge in [-0.05, 0) is 24.8 Å². The number of hydrogen-bond donors (Lipinski definition) is 0. The van der Waals surface area contributed by atoms with Crippen molar-refractivity contribution in [1.82, 2.24) is 0 Å². The Balaban J connectivity index is 2.98. The molecule has 2 nitrogen and oxygen atoms in total. The van der Waals surface area contributed by atoms with Gasteiger partial charge in [0.15, 0.2) is 5.78 Å². The van der Waals surface area contributed by atoms with E-state index in [4.69, 9.17) is 0 Å². The molecule has 2 heteroatoms. The lowest BCUT2D eigenvalue weighted by molar-refractivity contribution is -0.138. The van der Waals surface area contributed by atoms with E-state index in [-0.39, 0.29) is 28.8 Å². The molecule has 0 heterocycles. The van der Waals surface area contributed by atoms with E-state index in [0.29, 0.717) is 6.42 Å². The number of hydrogen-bond acceptors (Lipinski definition) is 2. The lowest BCUT2D eigenvalue weighted by Crippen LogP contribution is -2.43. The summed E-state index contributed by atoms with van der Waals surface area (Å²) in [4.78, 5) is 23.6. The van der Waals surface area contributed by atoms with Crippen molar-refractivity contribution in [2.45, 2.75) is 40.5 Å². The molecule has 0 aromatic rings. The summed E-state index contributed by atoms with van der Waals surface area (Å²) in [7, 11) is 0. The van der Waals surface area contributed by atoms with Crippen LogP contribution in [0.2, 0.25) is 0 Å². The molecule has 1 aliphatic carbocycles. The fourth-order valence-electron chi connectivity index (χ4n) is 2.59. The number of carbonyl (C=O) groups excluding carboxylic acids is 2. The van der Waals surface area contributed by atoms with Gasteiger partial charge in [-0.2, -0.15) is 0 Å². The molecule has 1 aliphatic rings. The number of Topliss-reactive ketones (excluding diaryl/α,β-unsaturated/α-hetero) is 1. The minimum atomic E-state index is -0.144. The van der Waals surface area contributed by atoms with Crippen LogP contribution in [-0.4, -0.2) is 11.6 Å². The lowest BCUT2D eigenvalue weighted by Gasteiger charge is -2.40. The Hall–Kier alpha value is -0.920. The van der Waals surface area contributed by atoms with Gasteiger partial charge in [0.1, 0.15) is 5.78 Å². The Morgan fingerprint density at radius 3 is 2.60 bits per heavy atom. The molecule has 2 unspecified atom stereocenters. The zero-order valence-corrected chi connectivity index (χ0v) is 10.0. The van der Waals surface area contributed by atoms with E-state index in [9.17, 15) is 9.59 Å². The molecule has 0 radical (unpaired) electrons. The van der Waals surface area contributed by atoms with Gasteiger partial charge in [0.25, 0.3) is 0 Å². The topological polar surface area (TPSA) is 34.1 Å². The minimum absolute atomic E-state index is 0.0517. The van der Waals surface area contributed by atoms with Crippen LogP contribution in [0.15, 0.2) is 12.2 Å². The van der Waals surface area contributed by atoms with Crippen molar-refractivity contribution in [3.05, 3.63) is 12.2 Å². The van der Waals surface area contributed by atoms with Crippen molar-refractivity contribution in [2.75, 3.05) is 0 Å². The summed E-state index contributed by atoms with van der Waals surface area (Å²) >= 11 is 0. The molecule has 0 spiro atoms. The van der Waals surface area contributed by atoms with Crippen LogP contribution in [0.4, 0.5) is 0 Å². The van der Waals surface area contributed by atoms with Gasteiger partial charge in [0.2, 0.25) is 0 Å². The van der Waals surface area contributed by atoms with Crippen LogP contribution in [-0.2, 0) is 9.59 Å². The highest BCUT2D eigenvalue weighted by molar-refractivity contribution is 5.97. The molecule has 0 N–H and O–H groups in total. The van der Waals surface area contributed by atoms with E-state index in [2.05, 4.69) is 13.8 Å². The Kier molecular flexibility index (Phi) is 3.48. The normalized spacial score (nSPS) is 30.8. The first-order chi connectivity index (χ1) is 6.90. The zero-order valence-electron chi connectivity index (χ0n) is 10.0. The summed E-state index contributed by atoms with van der Waals surface area (Å²) < 4.78 is 0. The number of allylic oxidation sites excluding steroid dienone is 2. The Labute approximate surface area is 91.7 Å². The average molecular weight is 208 g/mol. The number of carbonyl (C=O) groups is 2. The molecule has 1 fully saturated rings. The monoisotopic (exact) mass is 208 g/mol. The van der Waals surface area contributed by atoms with E-state index in [1.807, 2.05) is 13.8 Å². The predicted molar refractivity (Wildman–Crippen MR) is 60.5 cm³/mol. The second kappa shape index (κ2) is 4.30. The van der Waals surface area contributed by atoms with Crippen LogP contribution in [0.1, 0.15) is 40.5 Å². The molecule has 84 valence electrons. The van der Waals surface area contributed by atoms with Crippen LogP contribution in [0, 0.1) is 17.3 Å². The molecule has 1 rings (SSSR count). The van der Waals surface area contributed by atoms with Gasteiger partial charge < -0.3 is 0 Å². The summed E-state index contributed by atoms with van der Waals surface area (Å²) in [5.74, 6) is 0.0626. The zero-order chi connectivity index (χ0) is 11.6. The lowest BCUT2D eigenvalue weighted by atomic mass is 9.62. The third-order valence-corrected chi connectivity index (χ3v) is 3.50. The fraction of sp³-hybridized carbons (Fsp3) is 0.692. The molecule has 0 aromatic heterocycles. The van der Waals surface area contributed by atoms with Crippen molar-refractivity contribution in [3.8, 4) is 0 Å². The van der Waals surface area contributed by atoms with Gasteiger partial charge in [-0.15, -0.1) is 0 Å². The fourth-order valence-corrected chi connectivity index (χ4v) is 2.59. The molecule has 0 amide bonds. The molecular weight excluding hydrogens is 188 g/mol. The van der Waals surface area contributed by atoms with E-state index < -0.39 is 0 Å². The van der Waals surface area contributed by atoms with Crippen LogP contribution < -0.4 is 0 Å². The Morgan fingerprint density at radius 1 is 1.47 bits per heavy atom. The van der Waals surface area contributed by atoms with Crippen molar-refractivity contribution < 1.29 is 9.59 Å². The highest BCUT2D eigenvalue weighted by Gasteiger charge is 2.44. The second-order valence-electron chi connectivity index (χ2n) is 5.12. The molecule has 0 aromatic carbocycles. The average Bonchev–Trinajstić information content (AvgIpc) is 2.12.